The summed E-state index contributed by atoms with van der Waals surface area (Å²) in [5.41, 5.74) is 0. The van der Waals surface area contributed by atoms with Crippen LogP contribution in [0.25, 0.3) is 10.7 Å². The summed E-state index contributed by atoms with van der Waals surface area (Å²) in [7, 11) is 0. The predicted molar refractivity (Wildman–Crippen MR) is 46.5 cm³/mol. The zero-order valence-electron chi connectivity index (χ0n) is 7.01. The number of imidazole rings is 1. The third kappa shape index (κ3) is 1.87. The van der Waals surface area contributed by atoms with Crippen LogP contribution in [0.1, 0.15) is 0 Å². The van der Waals surface area contributed by atoms with Crippen LogP contribution in [0, 0.1) is 12.8 Å². The van der Waals surface area contributed by atoms with E-state index < -0.39 is 0 Å². The van der Waals surface area contributed by atoms with Gasteiger partial charge in [-0.1, -0.05) is 12.1 Å². The Morgan fingerprint density at radius 3 is 2.86 bits per heavy atom. The average Bonchev–Trinajstić information content (AvgIpc) is 2.67. The molecule has 0 fully saturated rings. The van der Waals surface area contributed by atoms with Gasteiger partial charge in [-0.05, 0) is 6.07 Å². The molecule has 0 aliphatic rings. The summed E-state index contributed by atoms with van der Waals surface area (Å²) >= 11 is 0. The van der Waals surface area contributed by atoms with Gasteiger partial charge in [-0.3, -0.25) is 4.98 Å². The van der Waals surface area contributed by atoms with E-state index in [0.29, 0.717) is 5.82 Å². The fourth-order valence-electron chi connectivity index (χ4n) is 0.993. The molecule has 4 nitrogen and oxygen atoms in total. The summed E-state index contributed by atoms with van der Waals surface area (Å²) in [5, 5.41) is 0. The molecule has 0 aliphatic carbocycles. The van der Waals surface area contributed by atoms with E-state index in [1.165, 1.54) is 10.8 Å². The van der Waals surface area contributed by atoms with Crippen molar-refractivity contribution in [1.29, 1.82) is 0 Å². The fraction of sp³-hybridized carbons (Fsp3) is 0. The van der Waals surface area contributed by atoms with Crippen molar-refractivity contribution in [3.63, 3.8) is 0 Å². The molecule has 5 heteroatoms. The minimum atomic E-state index is 0. The predicted octanol–water partition coefficient (Wildman–Crippen LogP) is 1.62. The SMILES string of the molecule is [C-]#[N+]c1nc[c-]n1-c1ccccn1.[Ir]. The fourth-order valence-corrected chi connectivity index (χ4v) is 0.993. The maximum Gasteiger partial charge on any atom is 0.369 e. The first-order chi connectivity index (χ1) is 6.42. The molecule has 0 aliphatic heterocycles. The van der Waals surface area contributed by atoms with Crippen LogP contribution < -0.4 is 0 Å². The van der Waals surface area contributed by atoms with E-state index in [2.05, 4.69) is 21.0 Å². The van der Waals surface area contributed by atoms with Gasteiger partial charge in [0.25, 0.3) is 0 Å². The number of aromatic nitrogens is 3. The molecule has 0 aromatic carbocycles. The van der Waals surface area contributed by atoms with Gasteiger partial charge in [0.2, 0.25) is 0 Å². The van der Waals surface area contributed by atoms with E-state index in [4.69, 9.17) is 6.57 Å². The molecule has 0 saturated carbocycles. The summed E-state index contributed by atoms with van der Waals surface area (Å²) in [4.78, 5) is 11.1. The van der Waals surface area contributed by atoms with Gasteiger partial charge in [-0.15, -0.1) is 11.6 Å². The van der Waals surface area contributed by atoms with Crippen LogP contribution in [-0.2, 0) is 20.1 Å². The molecule has 14 heavy (non-hydrogen) atoms. The van der Waals surface area contributed by atoms with Crippen LogP contribution in [0.15, 0.2) is 30.6 Å². The molecule has 0 bridgehead atoms. The molecule has 0 N–H and O–H groups in total. The van der Waals surface area contributed by atoms with Crippen molar-refractivity contribution in [3.8, 4) is 5.82 Å². The monoisotopic (exact) mass is 362 g/mol. The van der Waals surface area contributed by atoms with Crippen molar-refractivity contribution in [2.24, 2.45) is 0 Å². The summed E-state index contributed by atoms with van der Waals surface area (Å²) in [6, 6.07) is 5.47. The van der Waals surface area contributed by atoms with E-state index in [9.17, 15) is 0 Å². The van der Waals surface area contributed by atoms with Crippen molar-refractivity contribution in [2.75, 3.05) is 0 Å². The molecular weight excluding hydrogens is 356 g/mol. The van der Waals surface area contributed by atoms with E-state index in [1.54, 1.807) is 12.3 Å². The van der Waals surface area contributed by atoms with Crippen molar-refractivity contribution in [2.45, 2.75) is 0 Å². The summed E-state index contributed by atoms with van der Waals surface area (Å²) in [5.74, 6) is 0.935. The van der Waals surface area contributed by atoms with Crippen molar-refractivity contribution in [3.05, 3.63) is 48.2 Å². The first kappa shape index (κ1) is 10.6. The van der Waals surface area contributed by atoms with Gasteiger partial charge in [0.15, 0.2) is 0 Å². The Hall–Kier alpha value is -1.50. The van der Waals surface area contributed by atoms with Gasteiger partial charge < -0.3 is 9.41 Å². The number of rotatable bonds is 1. The first-order valence-corrected chi connectivity index (χ1v) is 3.66. The van der Waals surface area contributed by atoms with Gasteiger partial charge in [-0.25, -0.2) is 0 Å². The molecule has 71 valence electrons. The number of hydrogen-bond donors (Lipinski definition) is 0. The van der Waals surface area contributed by atoms with Crippen LogP contribution in [0.4, 0.5) is 5.95 Å². The Morgan fingerprint density at radius 2 is 2.21 bits per heavy atom. The van der Waals surface area contributed by atoms with Crippen LogP contribution >= 0.6 is 0 Å². The van der Waals surface area contributed by atoms with E-state index in [0.717, 1.165) is 0 Å². The van der Waals surface area contributed by atoms with Gasteiger partial charge in [-0.2, -0.15) is 0 Å². The Labute approximate surface area is 94.8 Å². The number of nitrogens with zero attached hydrogens (tertiary/aromatic N) is 4. The zero-order chi connectivity index (χ0) is 9.10. The Balaban J connectivity index is 0.000000980. The van der Waals surface area contributed by atoms with Crippen LogP contribution in [0.5, 0.6) is 0 Å². The minimum absolute atomic E-state index is 0. The van der Waals surface area contributed by atoms with E-state index in [1.807, 2.05) is 12.1 Å². The Bertz CT molecular complexity index is 443. The van der Waals surface area contributed by atoms with Gasteiger partial charge >= 0.3 is 5.95 Å². The average molecular weight is 361 g/mol. The van der Waals surface area contributed by atoms with E-state index >= 15 is 0 Å². The summed E-state index contributed by atoms with van der Waals surface area (Å²) in [6.45, 7) is 6.84. The molecule has 2 heterocycles. The van der Waals surface area contributed by atoms with E-state index in [-0.39, 0.29) is 26.1 Å². The number of hydrogen-bond acceptors (Lipinski definition) is 2. The van der Waals surface area contributed by atoms with Crippen LogP contribution in [-0.4, -0.2) is 14.5 Å². The molecule has 2 aromatic heterocycles. The third-order valence-electron chi connectivity index (χ3n) is 1.55. The Morgan fingerprint density at radius 1 is 1.36 bits per heavy atom. The first-order valence-electron chi connectivity index (χ1n) is 3.66. The summed E-state index contributed by atoms with van der Waals surface area (Å²) in [6.07, 6.45) is 5.93. The Kier molecular flexibility index (Phi) is 3.52. The second kappa shape index (κ2) is 4.66. The van der Waals surface area contributed by atoms with Gasteiger partial charge in [0.1, 0.15) is 0 Å². The van der Waals surface area contributed by atoms with Gasteiger partial charge in [0, 0.05) is 32.5 Å². The second-order valence-electron chi connectivity index (χ2n) is 2.32. The molecule has 0 saturated heterocycles. The molecule has 0 spiro atoms. The summed E-state index contributed by atoms with van der Waals surface area (Å²) < 4.78 is 1.52. The van der Waals surface area contributed by atoms with Crippen molar-refractivity contribution < 1.29 is 20.1 Å². The standard InChI is InChI=1S/C9H5N4.Ir/c1-10-9-12-6-7-13(9)8-4-2-3-5-11-8;/h2-6H;/q-1;. The third-order valence-corrected chi connectivity index (χ3v) is 1.55. The quantitative estimate of drug-likeness (QED) is 0.724. The molecule has 2 rings (SSSR count). The van der Waals surface area contributed by atoms with Crippen molar-refractivity contribution >= 4 is 5.95 Å². The zero-order valence-corrected chi connectivity index (χ0v) is 9.40. The van der Waals surface area contributed by atoms with Crippen LogP contribution in [0.2, 0.25) is 0 Å². The van der Waals surface area contributed by atoms with Crippen molar-refractivity contribution in [1.82, 2.24) is 14.5 Å². The molecule has 0 amide bonds. The largest absolute Gasteiger partial charge is 0.369 e. The number of pyridine rings is 1. The maximum absolute atomic E-state index is 6.84. The molecular formula is C9H5IrN4-. The normalized spacial score (nSPS) is 8.79. The minimum Gasteiger partial charge on any atom is -0.368 e. The molecule has 2 aromatic rings. The molecule has 0 unspecified atom stereocenters. The smallest absolute Gasteiger partial charge is 0.368 e. The topological polar surface area (TPSA) is 35.1 Å². The second-order valence-corrected chi connectivity index (χ2v) is 2.32. The van der Waals surface area contributed by atoms with Gasteiger partial charge in [0.05, 0.1) is 12.0 Å². The maximum atomic E-state index is 6.84. The molecule has 1 radical (unpaired) electrons. The van der Waals surface area contributed by atoms with Crippen LogP contribution in [0.3, 0.4) is 0 Å². The molecule has 0 atom stereocenters.